The molecule has 1 aromatic carbocycles. The van der Waals surface area contributed by atoms with Crippen LogP contribution in [0.15, 0.2) is 53.8 Å². The topological polar surface area (TPSA) is 82.8 Å². The molecule has 0 aliphatic carbocycles. The van der Waals surface area contributed by atoms with Gasteiger partial charge in [-0.1, -0.05) is 35.5 Å². The van der Waals surface area contributed by atoms with Crippen LogP contribution in [0.1, 0.15) is 23.1 Å². The van der Waals surface area contributed by atoms with E-state index in [0.717, 1.165) is 18.7 Å². The van der Waals surface area contributed by atoms with E-state index in [-0.39, 0.29) is 6.04 Å². The molecule has 0 amide bonds. The fraction of sp³-hybridized carbons (Fsp3) is 0.267. The third-order valence-electron chi connectivity index (χ3n) is 3.41. The molecule has 6 heteroatoms. The standard InChI is InChI=1S/C15H17N5O/c16-13(8-12-4-2-1-3-5-12)14-9-17-10-20(14)7-6-15-18-11-21-19-15/h1-5,9-11,13H,6-8,16H2/t13-/m1/s1. The number of aromatic nitrogens is 4. The van der Waals surface area contributed by atoms with Gasteiger partial charge in [0, 0.05) is 19.2 Å². The van der Waals surface area contributed by atoms with Crippen molar-refractivity contribution in [3.63, 3.8) is 0 Å². The number of nitrogens with two attached hydrogens (primary N) is 1. The predicted molar refractivity (Wildman–Crippen MR) is 77.3 cm³/mol. The molecule has 3 rings (SSSR count). The summed E-state index contributed by atoms with van der Waals surface area (Å²) in [5.74, 6) is 0.686. The lowest BCUT2D eigenvalue weighted by Crippen LogP contribution is -2.18. The minimum Gasteiger partial charge on any atom is -0.343 e. The molecule has 0 spiro atoms. The van der Waals surface area contributed by atoms with Crippen LogP contribution in [0.3, 0.4) is 0 Å². The Morgan fingerprint density at radius 3 is 2.86 bits per heavy atom. The highest BCUT2D eigenvalue weighted by molar-refractivity contribution is 5.18. The van der Waals surface area contributed by atoms with Crippen LogP contribution in [-0.2, 0) is 19.4 Å². The molecular formula is C15H17N5O. The normalized spacial score (nSPS) is 12.4. The van der Waals surface area contributed by atoms with E-state index in [2.05, 4.69) is 27.3 Å². The van der Waals surface area contributed by atoms with Gasteiger partial charge >= 0.3 is 0 Å². The smallest absolute Gasteiger partial charge is 0.213 e. The van der Waals surface area contributed by atoms with Crippen molar-refractivity contribution < 1.29 is 4.52 Å². The SMILES string of the molecule is N[C@H](Cc1ccccc1)c1cncn1CCc1ncon1. The Balaban J connectivity index is 1.66. The van der Waals surface area contributed by atoms with Crippen molar-refractivity contribution in [2.45, 2.75) is 25.4 Å². The first kappa shape index (κ1) is 13.5. The summed E-state index contributed by atoms with van der Waals surface area (Å²) in [6.07, 6.45) is 6.43. The molecule has 0 bridgehead atoms. The van der Waals surface area contributed by atoms with Gasteiger partial charge in [-0.15, -0.1) is 0 Å². The van der Waals surface area contributed by atoms with Gasteiger partial charge in [-0.25, -0.2) is 4.98 Å². The first-order chi connectivity index (χ1) is 10.3. The lowest BCUT2D eigenvalue weighted by molar-refractivity contribution is 0.408. The Labute approximate surface area is 122 Å². The van der Waals surface area contributed by atoms with E-state index in [1.807, 2.05) is 29.0 Å². The summed E-state index contributed by atoms with van der Waals surface area (Å²) in [5, 5.41) is 3.81. The highest BCUT2D eigenvalue weighted by Crippen LogP contribution is 2.16. The van der Waals surface area contributed by atoms with Gasteiger partial charge in [0.2, 0.25) is 6.39 Å². The molecule has 6 nitrogen and oxygen atoms in total. The summed E-state index contributed by atoms with van der Waals surface area (Å²) in [6.45, 7) is 0.733. The van der Waals surface area contributed by atoms with Gasteiger partial charge in [-0.2, -0.15) is 4.98 Å². The molecule has 21 heavy (non-hydrogen) atoms. The number of imidazole rings is 1. The molecule has 2 N–H and O–H groups in total. The second-order valence-corrected chi connectivity index (χ2v) is 4.91. The van der Waals surface area contributed by atoms with E-state index in [1.165, 1.54) is 12.0 Å². The lowest BCUT2D eigenvalue weighted by atomic mass is 10.0. The number of nitrogens with zero attached hydrogens (tertiary/aromatic N) is 4. The summed E-state index contributed by atoms with van der Waals surface area (Å²) >= 11 is 0. The van der Waals surface area contributed by atoms with Crippen molar-refractivity contribution in [3.05, 3.63) is 66.3 Å². The van der Waals surface area contributed by atoms with Crippen molar-refractivity contribution in [3.8, 4) is 0 Å². The molecule has 0 radical (unpaired) electrons. The Hall–Kier alpha value is -2.47. The zero-order valence-corrected chi connectivity index (χ0v) is 11.6. The van der Waals surface area contributed by atoms with Crippen LogP contribution in [0.25, 0.3) is 0 Å². The van der Waals surface area contributed by atoms with Crippen molar-refractivity contribution in [2.24, 2.45) is 5.73 Å². The second-order valence-electron chi connectivity index (χ2n) is 4.91. The number of aryl methyl sites for hydroxylation is 2. The minimum atomic E-state index is -0.0832. The molecule has 0 unspecified atom stereocenters. The Bertz CT molecular complexity index is 662. The number of hydrogen-bond donors (Lipinski definition) is 1. The third-order valence-corrected chi connectivity index (χ3v) is 3.41. The molecule has 0 aliphatic rings. The Morgan fingerprint density at radius 2 is 2.10 bits per heavy atom. The van der Waals surface area contributed by atoms with E-state index < -0.39 is 0 Å². The van der Waals surface area contributed by atoms with Gasteiger partial charge in [0.25, 0.3) is 0 Å². The van der Waals surface area contributed by atoms with Crippen molar-refractivity contribution >= 4 is 0 Å². The van der Waals surface area contributed by atoms with Crippen molar-refractivity contribution in [1.82, 2.24) is 19.7 Å². The molecule has 2 aromatic heterocycles. The number of hydrogen-bond acceptors (Lipinski definition) is 5. The molecule has 0 aliphatic heterocycles. The molecule has 108 valence electrons. The predicted octanol–water partition coefficient (Wildman–Crippen LogP) is 1.75. The Morgan fingerprint density at radius 1 is 1.24 bits per heavy atom. The molecule has 1 atom stereocenters. The van der Waals surface area contributed by atoms with Crippen LogP contribution in [0, 0.1) is 0 Å². The summed E-state index contributed by atoms with van der Waals surface area (Å²) in [6, 6.07) is 10.1. The molecule has 3 aromatic rings. The van der Waals surface area contributed by atoms with Crippen LogP contribution in [0.2, 0.25) is 0 Å². The molecule has 0 fully saturated rings. The maximum atomic E-state index is 6.31. The van der Waals surface area contributed by atoms with Gasteiger partial charge in [0.05, 0.1) is 18.1 Å². The fourth-order valence-electron chi connectivity index (χ4n) is 2.32. The van der Waals surface area contributed by atoms with Crippen LogP contribution in [0.5, 0.6) is 0 Å². The van der Waals surface area contributed by atoms with Crippen LogP contribution >= 0.6 is 0 Å². The van der Waals surface area contributed by atoms with Crippen LogP contribution in [0.4, 0.5) is 0 Å². The summed E-state index contributed by atoms with van der Waals surface area (Å²) in [4.78, 5) is 8.22. The minimum absolute atomic E-state index is 0.0832. The monoisotopic (exact) mass is 283 g/mol. The van der Waals surface area contributed by atoms with Gasteiger partial charge in [0.1, 0.15) is 0 Å². The maximum absolute atomic E-state index is 6.31. The van der Waals surface area contributed by atoms with Crippen molar-refractivity contribution in [2.75, 3.05) is 0 Å². The fourth-order valence-corrected chi connectivity index (χ4v) is 2.32. The molecule has 0 saturated heterocycles. The average Bonchev–Trinajstić information content (AvgIpc) is 3.17. The Kier molecular flexibility index (Phi) is 4.07. The second kappa shape index (κ2) is 6.32. The highest BCUT2D eigenvalue weighted by atomic mass is 16.5. The molecule has 2 heterocycles. The average molecular weight is 283 g/mol. The van der Waals surface area contributed by atoms with E-state index in [9.17, 15) is 0 Å². The van der Waals surface area contributed by atoms with E-state index in [1.54, 1.807) is 6.33 Å². The molecule has 0 saturated carbocycles. The van der Waals surface area contributed by atoms with Crippen LogP contribution in [-0.4, -0.2) is 19.7 Å². The van der Waals surface area contributed by atoms with E-state index in [4.69, 9.17) is 10.3 Å². The lowest BCUT2D eigenvalue weighted by Gasteiger charge is -2.14. The zero-order chi connectivity index (χ0) is 14.5. The van der Waals surface area contributed by atoms with Gasteiger partial charge in [-0.05, 0) is 12.0 Å². The third kappa shape index (κ3) is 3.35. The number of rotatable bonds is 6. The van der Waals surface area contributed by atoms with E-state index in [0.29, 0.717) is 12.2 Å². The maximum Gasteiger partial charge on any atom is 0.213 e. The van der Waals surface area contributed by atoms with Gasteiger partial charge in [0.15, 0.2) is 5.82 Å². The van der Waals surface area contributed by atoms with Crippen molar-refractivity contribution in [1.29, 1.82) is 0 Å². The summed E-state index contributed by atoms with van der Waals surface area (Å²) < 4.78 is 6.78. The number of benzene rings is 1. The highest BCUT2D eigenvalue weighted by Gasteiger charge is 2.12. The largest absolute Gasteiger partial charge is 0.343 e. The summed E-state index contributed by atoms with van der Waals surface area (Å²) in [7, 11) is 0. The quantitative estimate of drug-likeness (QED) is 0.745. The molecular weight excluding hydrogens is 266 g/mol. The van der Waals surface area contributed by atoms with Gasteiger partial charge < -0.3 is 14.8 Å². The van der Waals surface area contributed by atoms with Crippen LogP contribution < -0.4 is 5.73 Å². The zero-order valence-electron chi connectivity index (χ0n) is 11.6. The first-order valence-corrected chi connectivity index (χ1v) is 6.87. The van der Waals surface area contributed by atoms with E-state index >= 15 is 0 Å². The first-order valence-electron chi connectivity index (χ1n) is 6.87. The summed E-state index contributed by atoms with van der Waals surface area (Å²) in [5.41, 5.74) is 8.55. The van der Waals surface area contributed by atoms with Gasteiger partial charge in [-0.3, -0.25) is 0 Å².